The number of aromatic nitrogens is 4. The van der Waals surface area contributed by atoms with Crippen LogP contribution in [0, 0.1) is 0 Å². The van der Waals surface area contributed by atoms with Gasteiger partial charge in [-0.25, -0.2) is 15.0 Å². The summed E-state index contributed by atoms with van der Waals surface area (Å²) in [5, 5.41) is 0. The van der Waals surface area contributed by atoms with E-state index in [1.807, 2.05) is 6.92 Å². The summed E-state index contributed by atoms with van der Waals surface area (Å²) in [5.74, 6) is -0.113. The molecule has 2 aromatic heterocycles. The Bertz CT molecular complexity index is 790. The smallest absolute Gasteiger partial charge is 0.306 e. The summed E-state index contributed by atoms with van der Waals surface area (Å²) < 4.78 is 13.3. The second kappa shape index (κ2) is 7.14. The summed E-state index contributed by atoms with van der Waals surface area (Å²) in [6, 6.07) is 0. The third-order valence-corrected chi connectivity index (χ3v) is 4.24. The molecule has 0 bridgehead atoms. The molecule has 2 aromatic rings. The van der Waals surface area contributed by atoms with Crippen LogP contribution in [0.5, 0.6) is 0 Å². The van der Waals surface area contributed by atoms with E-state index in [0.29, 0.717) is 29.8 Å². The third-order valence-electron chi connectivity index (χ3n) is 4.24. The second-order valence-electron chi connectivity index (χ2n) is 6.09. The number of nitrogens with two attached hydrogens (primary N) is 1. The number of nitrogens with zero attached hydrogens (tertiary/aromatic N) is 4. The Labute approximate surface area is 144 Å². The molecule has 0 spiro atoms. The Kier molecular flexibility index (Phi) is 4.93. The van der Waals surface area contributed by atoms with Crippen molar-refractivity contribution in [3.63, 3.8) is 0 Å². The summed E-state index contributed by atoms with van der Waals surface area (Å²) in [7, 11) is 0. The van der Waals surface area contributed by atoms with Crippen molar-refractivity contribution in [1.29, 1.82) is 0 Å². The number of ether oxygens (including phenoxy) is 2. The molecule has 1 saturated heterocycles. The molecule has 9 nitrogen and oxygen atoms in total. The molecule has 3 atom stereocenters. The fraction of sp³-hybridized carbons (Fsp3) is 0.562. The Morgan fingerprint density at radius 2 is 2.16 bits per heavy atom. The number of ketones is 1. The van der Waals surface area contributed by atoms with Crippen LogP contribution in [0.15, 0.2) is 12.7 Å². The van der Waals surface area contributed by atoms with E-state index in [-0.39, 0.29) is 43.0 Å². The van der Waals surface area contributed by atoms with Gasteiger partial charge in [-0.3, -0.25) is 9.36 Å². The van der Waals surface area contributed by atoms with E-state index in [1.165, 1.54) is 13.3 Å². The minimum absolute atomic E-state index is 0.0355. The van der Waals surface area contributed by atoms with Crippen LogP contribution in [-0.4, -0.2) is 43.5 Å². The highest BCUT2D eigenvalue weighted by molar-refractivity contribution is 5.81. The first kappa shape index (κ1) is 17.3. The number of hydrogen-bond donors (Lipinski definition) is 1. The fourth-order valence-electron chi connectivity index (χ4n) is 2.94. The second-order valence-corrected chi connectivity index (χ2v) is 6.09. The predicted octanol–water partition coefficient (Wildman–Crippen LogP) is 1.39. The number of anilines is 1. The van der Waals surface area contributed by atoms with Crippen LogP contribution in [0.25, 0.3) is 11.2 Å². The van der Waals surface area contributed by atoms with Gasteiger partial charge < -0.3 is 20.0 Å². The topological polar surface area (TPSA) is 122 Å². The first-order valence-corrected chi connectivity index (χ1v) is 8.27. The fourth-order valence-corrected chi connectivity index (χ4v) is 2.94. The van der Waals surface area contributed by atoms with Crippen LogP contribution < -0.4 is 5.73 Å². The maximum atomic E-state index is 11.9. The van der Waals surface area contributed by atoms with E-state index in [9.17, 15) is 9.59 Å². The molecule has 1 fully saturated rings. The quantitative estimate of drug-likeness (QED) is 0.778. The normalized spacial score (nSPS) is 23.0. The first-order valence-electron chi connectivity index (χ1n) is 8.27. The van der Waals surface area contributed by atoms with Crippen molar-refractivity contribution in [3.05, 3.63) is 12.7 Å². The molecule has 0 radical (unpaired) electrons. The van der Waals surface area contributed by atoms with Gasteiger partial charge in [0, 0.05) is 12.8 Å². The lowest BCUT2D eigenvalue weighted by atomic mass is 10.1. The number of Topliss-reactive ketones (excluding diaryl/α,β-unsaturated/α-hetero) is 1. The molecular formula is C16H21N5O4. The van der Waals surface area contributed by atoms with Crippen LogP contribution in [0.2, 0.25) is 0 Å². The summed E-state index contributed by atoms with van der Waals surface area (Å²) >= 11 is 0. The molecule has 0 saturated carbocycles. The van der Waals surface area contributed by atoms with Gasteiger partial charge in [-0.1, -0.05) is 6.92 Å². The molecule has 0 aliphatic carbocycles. The molecule has 134 valence electrons. The average molecular weight is 347 g/mol. The molecule has 0 aromatic carbocycles. The third kappa shape index (κ3) is 3.60. The molecule has 3 heterocycles. The summed E-state index contributed by atoms with van der Waals surface area (Å²) in [4.78, 5) is 35.3. The highest BCUT2D eigenvalue weighted by atomic mass is 16.6. The summed E-state index contributed by atoms with van der Waals surface area (Å²) in [5.41, 5.74) is 6.90. The monoisotopic (exact) mass is 347 g/mol. The highest BCUT2D eigenvalue weighted by Crippen LogP contribution is 2.34. The predicted molar refractivity (Wildman–Crippen MR) is 88.3 cm³/mol. The zero-order valence-corrected chi connectivity index (χ0v) is 14.2. The highest BCUT2D eigenvalue weighted by Gasteiger charge is 2.38. The number of fused-ring (bicyclic) bond motifs is 1. The van der Waals surface area contributed by atoms with Crippen molar-refractivity contribution in [2.45, 2.75) is 58.0 Å². The Morgan fingerprint density at radius 1 is 1.36 bits per heavy atom. The van der Waals surface area contributed by atoms with Gasteiger partial charge in [0.05, 0.1) is 18.9 Å². The molecule has 0 amide bonds. The van der Waals surface area contributed by atoms with Crippen LogP contribution in [0.4, 0.5) is 5.82 Å². The lowest BCUT2D eigenvalue weighted by molar-refractivity contribution is -0.152. The zero-order chi connectivity index (χ0) is 18.0. The van der Waals surface area contributed by atoms with E-state index in [1.54, 1.807) is 10.9 Å². The van der Waals surface area contributed by atoms with Crippen LogP contribution in [0.1, 0.15) is 45.8 Å². The Hall–Kier alpha value is -2.55. The molecule has 9 heteroatoms. The number of esters is 1. The molecule has 2 N–H and O–H groups in total. The number of rotatable bonds is 6. The number of carbonyl (C=O) groups is 2. The molecule has 25 heavy (non-hydrogen) atoms. The van der Waals surface area contributed by atoms with E-state index >= 15 is 0 Å². The van der Waals surface area contributed by atoms with E-state index in [0.717, 1.165) is 0 Å². The Morgan fingerprint density at radius 3 is 2.88 bits per heavy atom. The summed E-state index contributed by atoms with van der Waals surface area (Å²) in [6.45, 7) is 3.42. The van der Waals surface area contributed by atoms with Crippen molar-refractivity contribution in [1.82, 2.24) is 19.5 Å². The van der Waals surface area contributed by atoms with Gasteiger partial charge in [0.15, 0.2) is 11.5 Å². The van der Waals surface area contributed by atoms with Gasteiger partial charge in [0.1, 0.15) is 30.0 Å². The number of imidazole rings is 1. The summed E-state index contributed by atoms with van der Waals surface area (Å²) in [6.07, 6.45) is 3.50. The van der Waals surface area contributed by atoms with Crippen molar-refractivity contribution >= 4 is 28.7 Å². The maximum absolute atomic E-state index is 11.9. The molecule has 1 aliphatic rings. The van der Waals surface area contributed by atoms with Crippen LogP contribution >= 0.6 is 0 Å². The van der Waals surface area contributed by atoms with Crippen molar-refractivity contribution < 1.29 is 19.1 Å². The molecule has 0 unspecified atom stereocenters. The van der Waals surface area contributed by atoms with E-state index < -0.39 is 0 Å². The van der Waals surface area contributed by atoms with Gasteiger partial charge in [-0.05, 0) is 13.3 Å². The average Bonchev–Trinajstić information content (AvgIpc) is 3.17. The molecule has 3 rings (SSSR count). The molecule has 1 aliphatic heterocycles. The standard InChI is InChI=1S/C16H21N5O4/c1-3-10-11(25-13(23)5-4-9(2)22)6-12(24-10)21-8-20-14-15(17)18-7-19-16(14)21/h7-8,10-12H,3-6H2,1-2H3,(H2,17,18,19)/t10-,11-,12-/m1/s1. The minimum Gasteiger partial charge on any atom is -0.459 e. The van der Waals surface area contributed by atoms with Crippen molar-refractivity contribution in [2.24, 2.45) is 0 Å². The molecular weight excluding hydrogens is 326 g/mol. The zero-order valence-electron chi connectivity index (χ0n) is 14.2. The van der Waals surface area contributed by atoms with Crippen molar-refractivity contribution in [3.8, 4) is 0 Å². The van der Waals surface area contributed by atoms with E-state index in [2.05, 4.69) is 15.0 Å². The lowest BCUT2D eigenvalue weighted by Gasteiger charge is -2.17. The Balaban J connectivity index is 1.73. The minimum atomic E-state index is -0.384. The largest absolute Gasteiger partial charge is 0.459 e. The number of nitrogen functional groups attached to an aromatic ring is 1. The maximum Gasteiger partial charge on any atom is 0.306 e. The van der Waals surface area contributed by atoms with Gasteiger partial charge >= 0.3 is 5.97 Å². The number of hydrogen-bond acceptors (Lipinski definition) is 8. The first-order chi connectivity index (χ1) is 12.0. The van der Waals surface area contributed by atoms with Gasteiger partial charge in [-0.2, -0.15) is 0 Å². The van der Waals surface area contributed by atoms with Crippen LogP contribution in [-0.2, 0) is 19.1 Å². The SMILES string of the molecule is CC[C@H]1O[C@@H](n2cnc3c(N)ncnc32)C[C@H]1OC(=O)CCC(C)=O. The van der Waals surface area contributed by atoms with Crippen LogP contribution in [0.3, 0.4) is 0 Å². The van der Waals surface area contributed by atoms with Gasteiger partial charge in [-0.15, -0.1) is 0 Å². The lowest BCUT2D eigenvalue weighted by Crippen LogP contribution is -2.26. The van der Waals surface area contributed by atoms with E-state index in [4.69, 9.17) is 15.2 Å². The van der Waals surface area contributed by atoms with Gasteiger partial charge in [0.2, 0.25) is 0 Å². The van der Waals surface area contributed by atoms with Gasteiger partial charge in [0.25, 0.3) is 0 Å². The van der Waals surface area contributed by atoms with Crippen molar-refractivity contribution in [2.75, 3.05) is 5.73 Å². The number of carbonyl (C=O) groups excluding carboxylic acids is 2.